The number of hydrogen-bond donors (Lipinski definition) is 1. The standard InChI is InChI=1S/C19H26N4O2/c1-3-11-23-19(25)16-10-6-5-9-15(16)17(21-23)18(24)20-13-14-8-7-12-22(14)4-2/h5-6,9-10,14H,3-4,7-8,11-13H2,1-2H3,(H,20,24). The van der Waals surface area contributed by atoms with Crippen LogP contribution >= 0.6 is 0 Å². The molecule has 1 aromatic carbocycles. The molecular formula is C19H26N4O2. The average molecular weight is 342 g/mol. The van der Waals surface area contributed by atoms with E-state index in [0.717, 1.165) is 25.9 Å². The summed E-state index contributed by atoms with van der Waals surface area (Å²) in [5.74, 6) is -0.205. The SMILES string of the molecule is CCCn1nc(C(=O)NCC2CCCN2CC)c2ccccc2c1=O. The fourth-order valence-corrected chi connectivity index (χ4v) is 3.60. The van der Waals surface area contributed by atoms with E-state index < -0.39 is 0 Å². The van der Waals surface area contributed by atoms with Gasteiger partial charge in [0.2, 0.25) is 0 Å². The molecule has 3 rings (SSSR count). The molecule has 134 valence electrons. The number of carbonyl (C=O) groups is 1. The fourth-order valence-electron chi connectivity index (χ4n) is 3.60. The van der Waals surface area contributed by atoms with E-state index in [9.17, 15) is 9.59 Å². The van der Waals surface area contributed by atoms with Gasteiger partial charge in [-0.25, -0.2) is 4.68 Å². The lowest BCUT2D eigenvalue weighted by atomic mass is 10.1. The van der Waals surface area contributed by atoms with Gasteiger partial charge in [0.05, 0.1) is 5.39 Å². The number of fused-ring (bicyclic) bond motifs is 1. The van der Waals surface area contributed by atoms with Crippen LogP contribution in [0.3, 0.4) is 0 Å². The highest BCUT2D eigenvalue weighted by Gasteiger charge is 2.24. The number of nitrogens with zero attached hydrogens (tertiary/aromatic N) is 3. The van der Waals surface area contributed by atoms with E-state index in [2.05, 4.69) is 22.2 Å². The molecule has 1 atom stereocenters. The number of amides is 1. The smallest absolute Gasteiger partial charge is 0.274 e. The van der Waals surface area contributed by atoms with Gasteiger partial charge < -0.3 is 5.32 Å². The minimum absolute atomic E-state index is 0.137. The molecule has 1 aliphatic rings. The van der Waals surface area contributed by atoms with Crippen molar-refractivity contribution in [2.45, 2.75) is 45.7 Å². The Morgan fingerprint density at radius 1 is 1.28 bits per heavy atom. The van der Waals surface area contributed by atoms with Crippen LogP contribution in [0.5, 0.6) is 0 Å². The number of likely N-dealkylation sites (N-methyl/N-ethyl adjacent to an activating group) is 1. The lowest BCUT2D eigenvalue weighted by molar-refractivity contribution is 0.0936. The Labute approximate surface area is 147 Å². The number of aromatic nitrogens is 2. The summed E-state index contributed by atoms with van der Waals surface area (Å²) >= 11 is 0. The second kappa shape index (κ2) is 7.78. The third-order valence-corrected chi connectivity index (χ3v) is 4.92. The van der Waals surface area contributed by atoms with Gasteiger partial charge in [0.25, 0.3) is 11.5 Å². The summed E-state index contributed by atoms with van der Waals surface area (Å²) in [6, 6.07) is 7.60. The maximum Gasteiger partial charge on any atom is 0.274 e. The van der Waals surface area contributed by atoms with E-state index in [0.29, 0.717) is 35.6 Å². The van der Waals surface area contributed by atoms with Crippen molar-refractivity contribution in [3.8, 4) is 0 Å². The molecule has 1 N–H and O–H groups in total. The van der Waals surface area contributed by atoms with Crippen LogP contribution < -0.4 is 10.9 Å². The molecule has 0 radical (unpaired) electrons. The first-order valence-electron chi connectivity index (χ1n) is 9.17. The van der Waals surface area contributed by atoms with E-state index in [1.165, 1.54) is 11.1 Å². The van der Waals surface area contributed by atoms with Gasteiger partial charge in [-0.2, -0.15) is 5.10 Å². The largest absolute Gasteiger partial charge is 0.349 e. The summed E-state index contributed by atoms with van der Waals surface area (Å²) in [4.78, 5) is 27.7. The highest BCUT2D eigenvalue weighted by molar-refractivity contribution is 6.04. The molecule has 6 nitrogen and oxygen atoms in total. The summed E-state index contributed by atoms with van der Waals surface area (Å²) in [5.41, 5.74) is 0.201. The molecule has 25 heavy (non-hydrogen) atoms. The van der Waals surface area contributed by atoms with Crippen molar-refractivity contribution < 1.29 is 4.79 Å². The van der Waals surface area contributed by atoms with Gasteiger partial charge in [-0.3, -0.25) is 14.5 Å². The summed E-state index contributed by atoms with van der Waals surface area (Å²) in [6.07, 6.45) is 3.08. The second-order valence-corrected chi connectivity index (χ2v) is 6.56. The van der Waals surface area contributed by atoms with Gasteiger partial charge >= 0.3 is 0 Å². The molecule has 0 aliphatic carbocycles. The fraction of sp³-hybridized carbons (Fsp3) is 0.526. The summed E-state index contributed by atoms with van der Waals surface area (Å²) in [7, 11) is 0. The van der Waals surface area contributed by atoms with Crippen molar-refractivity contribution >= 4 is 16.7 Å². The minimum atomic E-state index is -0.205. The van der Waals surface area contributed by atoms with Gasteiger partial charge in [0.15, 0.2) is 5.69 Å². The Balaban J connectivity index is 1.87. The van der Waals surface area contributed by atoms with Crippen molar-refractivity contribution in [3.05, 3.63) is 40.3 Å². The van der Waals surface area contributed by atoms with Crippen LogP contribution in [-0.2, 0) is 6.54 Å². The number of aryl methyl sites for hydroxylation is 1. The van der Waals surface area contributed by atoms with Gasteiger partial charge in [-0.1, -0.05) is 32.0 Å². The van der Waals surface area contributed by atoms with Crippen LogP contribution in [0.25, 0.3) is 10.8 Å². The van der Waals surface area contributed by atoms with E-state index in [1.807, 2.05) is 19.1 Å². The van der Waals surface area contributed by atoms with Crippen LogP contribution in [0.1, 0.15) is 43.6 Å². The lowest BCUT2D eigenvalue weighted by Gasteiger charge is -2.22. The van der Waals surface area contributed by atoms with E-state index in [1.54, 1.807) is 12.1 Å². The topological polar surface area (TPSA) is 67.2 Å². The highest BCUT2D eigenvalue weighted by atomic mass is 16.2. The molecule has 1 aliphatic heterocycles. The van der Waals surface area contributed by atoms with Crippen molar-refractivity contribution in [1.82, 2.24) is 20.0 Å². The normalized spacial score (nSPS) is 17.9. The van der Waals surface area contributed by atoms with Gasteiger partial charge in [-0.15, -0.1) is 0 Å². The van der Waals surface area contributed by atoms with E-state index in [4.69, 9.17) is 0 Å². The van der Waals surface area contributed by atoms with Gasteiger partial charge in [0, 0.05) is 24.5 Å². The monoisotopic (exact) mass is 342 g/mol. The van der Waals surface area contributed by atoms with Crippen LogP contribution in [0.4, 0.5) is 0 Å². The zero-order chi connectivity index (χ0) is 17.8. The average Bonchev–Trinajstić information content (AvgIpc) is 3.10. The molecule has 0 bridgehead atoms. The van der Waals surface area contributed by atoms with Crippen LogP contribution in [0.2, 0.25) is 0 Å². The van der Waals surface area contributed by atoms with Crippen LogP contribution in [0, 0.1) is 0 Å². The number of rotatable bonds is 6. The van der Waals surface area contributed by atoms with Crippen LogP contribution in [-0.4, -0.2) is 46.3 Å². The maximum atomic E-state index is 12.8. The molecular weight excluding hydrogens is 316 g/mol. The molecule has 0 saturated carbocycles. The third-order valence-electron chi connectivity index (χ3n) is 4.92. The Hall–Kier alpha value is -2.21. The Morgan fingerprint density at radius 3 is 2.76 bits per heavy atom. The van der Waals surface area contributed by atoms with Crippen molar-refractivity contribution in [1.29, 1.82) is 0 Å². The molecule has 1 saturated heterocycles. The highest BCUT2D eigenvalue weighted by Crippen LogP contribution is 2.17. The predicted molar refractivity (Wildman–Crippen MR) is 98.9 cm³/mol. The summed E-state index contributed by atoms with van der Waals surface area (Å²) < 4.78 is 1.41. The molecule has 1 amide bonds. The van der Waals surface area contributed by atoms with Crippen LogP contribution in [0.15, 0.2) is 29.1 Å². The second-order valence-electron chi connectivity index (χ2n) is 6.56. The first-order valence-corrected chi connectivity index (χ1v) is 9.17. The zero-order valence-corrected chi connectivity index (χ0v) is 15.0. The lowest BCUT2D eigenvalue weighted by Crippen LogP contribution is -2.40. The van der Waals surface area contributed by atoms with E-state index in [-0.39, 0.29) is 11.5 Å². The molecule has 1 fully saturated rings. The predicted octanol–water partition coefficient (Wildman–Crippen LogP) is 2.02. The van der Waals surface area contributed by atoms with Crippen molar-refractivity contribution in [2.24, 2.45) is 0 Å². The minimum Gasteiger partial charge on any atom is -0.349 e. The first-order chi connectivity index (χ1) is 12.2. The molecule has 1 aromatic heterocycles. The Bertz CT molecular complexity index is 815. The Morgan fingerprint density at radius 2 is 2.04 bits per heavy atom. The van der Waals surface area contributed by atoms with Crippen molar-refractivity contribution in [3.63, 3.8) is 0 Å². The molecule has 2 heterocycles. The molecule has 2 aromatic rings. The van der Waals surface area contributed by atoms with Gasteiger partial charge in [0.1, 0.15) is 0 Å². The van der Waals surface area contributed by atoms with Crippen molar-refractivity contribution in [2.75, 3.05) is 19.6 Å². The Kier molecular flexibility index (Phi) is 5.48. The number of nitrogens with one attached hydrogen (secondary N) is 1. The molecule has 0 spiro atoms. The number of carbonyl (C=O) groups excluding carboxylic acids is 1. The quantitative estimate of drug-likeness (QED) is 0.872. The third kappa shape index (κ3) is 3.58. The number of benzene rings is 1. The number of likely N-dealkylation sites (tertiary alicyclic amines) is 1. The first kappa shape index (κ1) is 17.6. The molecule has 1 unspecified atom stereocenters. The molecule has 6 heteroatoms. The van der Waals surface area contributed by atoms with Gasteiger partial charge in [-0.05, 0) is 38.4 Å². The summed E-state index contributed by atoms with van der Waals surface area (Å²) in [5, 5.41) is 8.55. The maximum absolute atomic E-state index is 12.8. The van der Waals surface area contributed by atoms with E-state index >= 15 is 0 Å². The zero-order valence-electron chi connectivity index (χ0n) is 15.0. The summed E-state index contributed by atoms with van der Waals surface area (Å²) in [6.45, 7) is 7.37. The number of hydrogen-bond acceptors (Lipinski definition) is 4.